The van der Waals surface area contributed by atoms with Crippen molar-refractivity contribution in [2.45, 2.75) is 13.5 Å². The molecule has 1 amide bonds. The molecule has 0 aromatic heterocycles. The predicted octanol–water partition coefficient (Wildman–Crippen LogP) is 5.49. The first-order chi connectivity index (χ1) is 17.1. The van der Waals surface area contributed by atoms with Gasteiger partial charge in [0.25, 0.3) is 5.91 Å². The summed E-state index contributed by atoms with van der Waals surface area (Å²) in [5, 5.41) is 6.14. The Morgan fingerprint density at radius 1 is 0.886 bits per heavy atom. The van der Waals surface area contributed by atoms with Crippen molar-refractivity contribution in [2.24, 2.45) is 5.10 Å². The van der Waals surface area contributed by atoms with Crippen LogP contribution in [0.15, 0.2) is 90.0 Å². The molecule has 0 saturated heterocycles. The molecule has 4 rings (SSSR count). The summed E-state index contributed by atoms with van der Waals surface area (Å²) in [7, 11) is 0. The van der Waals surface area contributed by atoms with Crippen molar-refractivity contribution in [1.82, 2.24) is 5.43 Å². The monoisotopic (exact) mass is 472 g/mol. The third-order valence-electron chi connectivity index (χ3n) is 5.07. The first-order valence-corrected chi connectivity index (χ1v) is 11.2. The van der Waals surface area contributed by atoms with E-state index in [-0.39, 0.29) is 24.9 Å². The molecule has 0 fully saturated rings. The highest BCUT2D eigenvalue weighted by Crippen LogP contribution is 2.29. The molecule has 6 nitrogen and oxygen atoms in total. The Morgan fingerprint density at radius 3 is 2.49 bits per heavy atom. The third kappa shape index (κ3) is 6.80. The molecule has 4 aromatic carbocycles. The molecule has 4 aromatic rings. The highest BCUT2D eigenvalue weighted by Gasteiger charge is 2.07. The second-order valence-corrected chi connectivity index (χ2v) is 7.65. The number of hydrazone groups is 1. The first-order valence-electron chi connectivity index (χ1n) is 11.2. The summed E-state index contributed by atoms with van der Waals surface area (Å²) < 4.78 is 30.2. The van der Waals surface area contributed by atoms with Gasteiger partial charge < -0.3 is 14.2 Å². The quantitative estimate of drug-likeness (QED) is 0.245. The fourth-order valence-electron chi connectivity index (χ4n) is 3.35. The predicted molar refractivity (Wildman–Crippen MR) is 134 cm³/mol. The van der Waals surface area contributed by atoms with Crippen LogP contribution in [-0.2, 0) is 11.4 Å². The average Bonchev–Trinajstić information content (AvgIpc) is 2.88. The van der Waals surface area contributed by atoms with Gasteiger partial charge in [0.15, 0.2) is 18.1 Å². The normalized spacial score (nSPS) is 10.9. The topological polar surface area (TPSA) is 69.2 Å². The minimum absolute atomic E-state index is 0.157. The molecule has 0 aliphatic rings. The minimum Gasteiger partial charge on any atom is -0.490 e. The largest absolute Gasteiger partial charge is 0.490 e. The zero-order valence-electron chi connectivity index (χ0n) is 19.2. The Kier molecular flexibility index (Phi) is 7.91. The van der Waals surface area contributed by atoms with E-state index in [1.54, 1.807) is 30.3 Å². The number of rotatable bonds is 10. The van der Waals surface area contributed by atoms with Crippen molar-refractivity contribution in [2.75, 3.05) is 13.2 Å². The van der Waals surface area contributed by atoms with E-state index in [0.29, 0.717) is 23.9 Å². The Balaban J connectivity index is 1.31. The lowest BCUT2D eigenvalue weighted by Crippen LogP contribution is -2.24. The number of benzene rings is 4. The van der Waals surface area contributed by atoms with Crippen LogP contribution in [0.25, 0.3) is 10.8 Å². The van der Waals surface area contributed by atoms with E-state index in [0.717, 1.165) is 21.9 Å². The van der Waals surface area contributed by atoms with E-state index in [4.69, 9.17) is 14.2 Å². The molecule has 35 heavy (non-hydrogen) atoms. The fourth-order valence-corrected chi connectivity index (χ4v) is 3.35. The lowest BCUT2D eigenvalue weighted by molar-refractivity contribution is -0.123. The summed E-state index contributed by atoms with van der Waals surface area (Å²) in [6, 6.07) is 25.0. The lowest BCUT2D eigenvalue weighted by Gasteiger charge is -2.12. The average molecular weight is 473 g/mol. The number of carbonyl (C=O) groups is 1. The van der Waals surface area contributed by atoms with Crippen LogP contribution in [0, 0.1) is 5.82 Å². The molecule has 0 aliphatic heterocycles. The van der Waals surface area contributed by atoms with Crippen molar-refractivity contribution in [3.8, 4) is 17.2 Å². The molecule has 0 radical (unpaired) electrons. The van der Waals surface area contributed by atoms with Gasteiger partial charge in [0.05, 0.1) is 12.8 Å². The number of nitrogens with one attached hydrogen (secondary N) is 1. The van der Waals surface area contributed by atoms with Crippen LogP contribution >= 0.6 is 0 Å². The van der Waals surface area contributed by atoms with Gasteiger partial charge in [-0.05, 0) is 71.3 Å². The highest BCUT2D eigenvalue weighted by atomic mass is 19.1. The number of fused-ring (bicyclic) bond motifs is 1. The number of ether oxygens (including phenoxy) is 3. The summed E-state index contributed by atoms with van der Waals surface area (Å²) in [5.41, 5.74) is 4.02. The summed E-state index contributed by atoms with van der Waals surface area (Å²) in [6.45, 7) is 2.45. The van der Waals surface area contributed by atoms with Crippen molar-refractivity contribution < 1.29 is 23.4 Å². The van der Waals surface area contributed by atoms with E-state index in [9.17, 15) is 9.18 Å². The zero-order valence-corrected chi connectivity index (χ0v) is 19.2. The number of hydrogen-bond acceptors (Lipinski definition) is 5. The maximum absolute atomic E-state index is 13.1. The fraction of sp³-hybridized carbons (Fsp3) is 0.143. The van der Waals surface area contributed by atoms with Crippen LogP contribution in [0.3, 0.4) is 0 Å². The molecular weight excluding hydrogens is 447 g/mol. The second kappa shape index (κ2) is 11.7. The summed E-state index contributed by atoms with van der Waals surface area (Å²) in [4.78, 5) is 12.1. The van der Waals surface area contributed by atoms with Gasteiger partial charge in [-0.1, -0.05) is 42.5 Å². The van der Waals surface area contributed by atoms with Crippen LogP contribution < -0.4 is 19.6 Å². The Morgan fingerprint density at radius 2 is 1.69 bits per heavy atom. The second-order valence-electron chi connectivity index (χ2n) is 7.65. The molecule has 0 unspecified atom stereocenters. The summed E-state index contributed by atoms with van der Waals surface area (Å²) in [6.07, 6.45) is 1.51. The van der Waals surface area contributed by atoms with E-state index >= 15 is 0 Å². The van der Waals surface area contributed by atoms with Crippen LogP contribution in [0.1, 0.15) is 18.1 Å². The van der Waals surface area contributed by atoms with Crippen LogP contribution in [0.5, 0.6) is 17.2 Å². The van der Waals surface area contributed by atoms with Gasteiger partial charge in [0, 0.05) is 0 Å². The van der Waals surface area contributed by atoms with Gasteiger partial charge in [-0.3, -0.25) is 4.79 Å². The molecule has 7 heteroatoms. The Bertz CT molecular complexity index is 1320. The van der Waals surface area contributed by atoms with Crippen LogP contribution in [-0.4, -0.2) is 25.3 Å². The number of halogens is 1. The number of nitrogens with zero attached hydrogens (tertiary/aromatic N) is 1. The van der Waals surface area contributed by atoms with Crippen LogP contribution in [0.2, 0.25) is 0 Å². The standard InChI is InChI=1S/C28H25FN2O4/c1-2-33-27-15-21(9-14-26(27)35-18-20-7-11-24(29)12-8-20)17-30-31-28(32)19-34-25-13-10-22-5-3-4-6-23(22)16-25/h3-17H,2,18-19H2,1H3,(H,31,32). The third-order valence-corrected chi connectivity index (χ3v) is 5.07. The molecule has 0 atom stereocenters. The zero-order chi connectivity index (χ0) is 24.5. The van der Waals surface area contributed by atoms with E-state index in [1.807, 2.05) is 49.4 Å². The van der Waals surface area contributed by atoms with Gasteiger partial charge in [0.2, 0.25) is 0 Å². The van der Waals surface area contributed by atoms with E-state index in [2.05, 4.69) is 10.5 Å². The SMILES string of the molecule is CCOc1cc(C=NNC(=O)COc2ccc3ccccc3c2)ccc1OCc1ccc(F)cc1. The summed E-state index contributed by atoms with van der Waals surface area (Å²) >= 11 is 0. The maximum Gasteiger partial charge on any atom is 0.277 e. The highest BCUT2D eigenvalue weighted by molar-refractivity contribution is 5.85. The molecule has 0 aliphatic carbocycles. The smallest absolute Gasteiger partial charge is 0.277 e. The molecule has 178 valence electrons. The summed E-state index contributed by atoms with van der Waals surface area (Å²) in [5.74, 6) is 1.05. The van der Waals surface area contributed by atoms with Crippen molar-refractivity contribution in [3.05, 3.63) is 102 Å². The Labute approximate surface area is 202 Å². The van der Waals surface area contributed by atoms with Gasteiger partial charge in [0.1, 0.15) is 18.2 Å². The van der Waals surface area contributed by atoms with Crippen molar-refractivity contribution >= 4 is 22.9 Å². The first kappa shape index (κ1) is 23.8. The number of amides is 1. The molecule has 0 spiro atoms. The van der Waals surface area contributed by atoms with Gasteiger partial charge in [-0.15, -0.1) is 0 Å². The van der Waals surface area contributed by atoms with Crippen molar-refractivity contribution in [3.63, 3.8) is 0 Å². The molecular formula is C28H25FN2O4. The molecule has 0 saturated carbocycles. The van der Waals surface area contributed by atoms with Crippen LogP contribution in [0.4, 0.5) is 4.39 Å². The lowest BCUT2D eigenvalue weighted by atomic mass is 10.1. The van der Waals surface area contributed by atoms with E-state index in [1.165, 1.54) is 18.3 Å². The van der Waals surface area contributed by atoms with Gasteiger partial charge in [-0.2, -0.15) is 5.10 Å². The van der Waals surface area contributed by atoms with Crippen molar-refractivity contribution in [1.29, 1.82) is 0 Å². The van der Waals surface area contributed by atoms with Gasteiger partial charge >= 0.3 is 0 Å². The van der Waals surface area contributed by atoms with E-state index < -0.39 is 0 Å². The molecule has 0 bridgehead atoms. The number of hydrogen-bond donors (Lipinski definition) is 1. The number of carbonyl (C=O) groups excluding carboxylic acids is 1. The maximum atomic E-state index is 13.1. The molecule has 0 heterocycles. The van der Waals surface area contributed by atoms with Gasteiger partial charge in [-0.25, -0.2) is 9.82 Å². The molecule has 1 N–H and O–H groups in total. The Hall–Kier alpha value is -4.39. The minimum atomic E-state index is -0.376.